The number of ether oxygens (including phenoxy) is 1. The van der Waals surface area contributed by atoms with Crippen LogP contribution in [0.15, 0.2) is 42.6 Å². The van der Waals surface area contributed by atoms with Gasteiger partial charge in [0.2, 0.25) is 0 Å². The second-order valence-corrected chi connectivity index (χ2v) is 4.54. The van der Waals surface area contributed by atoms with E-state index in [9.17, 15) is 13.9 Å². The number of hydrogen-bond donors (Lipinski definition) is 1. The molecule has 0 fully saturated rings. The van der Waals surface area contributed by atoms with Crippen molar-refractivity contribution in [3.05, 3.63) is 54.2 Å². The Morgan fingerprint density at radius 1 is 1.05 bits per heavy atom. The monoisotopic (exact) mass is 287 g/mol. The van der Waals surface area contributed by atoms with Gasteiger partial charge in [-0.25, -0.2) is 8.78 Å². The maximum Gasteiger partial charge on any atom is 0.190 e. The maximum absolute atomic E-state index is 13.8. The molecule has 3 rings (SSSR count). The summed E-state index contributed by atoms with van der Waals surface area (Å²) in [6.07, 6.45) is 1.58. The van der Waals surface area contributed by atoms with Gasteiger partial charge >= 0.3 is 0 Å². The summed E-state index contributed by atoms with van der Waals surface area (Å²) in [5.74, 6) is -2.02. The minimum Gasteiger partial charge on any atom is -0.507 e. The third kappa shape index (κ3) is 2.27. The summed E-state index contributed by atoms with van der Waals surface area (Å²) in [5.41, 5.74) is 1.32. The molecular weight excluding hydrogens is 276 g/mol. The molecule has 3 aromatic rings. The first kappa shape index (κ1) is 13.3. The van der Waals surface area contributed by atoms with E-state index in [2.05, 4.69) is 9.72 Å². The second-order valence-electron chi connectivity index (χ2n) is 4.54. The van der Waals surface area contributed by atoms with E-state index < -0.39 is 17.4 Å². The Balaban J connectivity index is 2.21. The Hall–Kier alpha value is -2.69. The van der Waals surface area contributed by atoms with Crippen LogP contribution < -0.4 is 4.74 Å². The molecule has 5 heteroatoms. The molecule has 3 nitrogen and oxygen atoms in total. The lowest BCUT2D eigenvalue weighted by Crippen LogP contribution is -1.94. The number of nitrogens with zero attached hydrogens (tertiary/aromatic N) is 1. The predicted molar refractivity (Wildman–Crippen MR) is 75.3 cm³/mol. The number of aromatic hydroxyl groups is 1. The average Bonchev–Trinajstić information content (AvgIpc) is 2.47. The Kier molecular flexibility index (Phi) is 3.17. The van der Waals surface area contributed by atoms with Gasteiger partial charge in [-0.05, 0) is 47.5 Å². The highest BCUT2D eigenvalue weighted by Gasteiger charge is 2.14. The molecule has 1 N–H and O–H groups in total. The molecule has 2 aromatic carbocycles. The maximum atomic E-state index is 13.8. The fourth-order valence-corrected chi connectivity index (χ4v) is 2.25. The molecule has 106 valence electrons. The van der Waals surface area contributed by atoms with Gasteiger partial charge < -0.3 is 9.84 Å². The highest BCUT2D eigenvalue weighted by molar-refractivity contribution is 5.89. The summed E-state index contributed by atoms with van der Waals surface area (Å²) >= 11 is 0. The number of halogens is 2. The highest BCUT2D eigenvalue weighted by Crippen LogP contribution is 2.33. The lowest BCUT2D eigenvalue weighted by Gasteiger charge is -2.09. The third-order valence-electron chi connectivity index (χ3n) is 3.23. The van der Waals surface area contributed by atoms with Crippen LogP contribution in [0.25, 0.3) is 22.0 Å². The molecule has 0 amide bonds. The summed E-state index contributed by atoms with van der Waals surface area (Å²) in [7, 11) is 1.20. The lowest BCUT2D eigenvalue weighted by molar-refractivity contribution is 0.360. The highest BCUT2D eigenvalue weighted by atomic mass is 19.1. The van der Waals surface area contributed by atoms with Crippen molar-refractivity contribution in [2.45, 2.75) is 0 Å². The van der Waals surface area contributed by atoms with Crippen LogP contribution in [0.5, 0.6) is 11.5 Å². The molecule has 1 heterocycles. The topological polar surface area (TPSA) is 42.4 Å². The van der Waals surface area contributed by atoms with E-state index in [4.69, 9.17) is 0 Å². The smallest absolute Gasteiger partial charge is 0.190 e. The summed E-state index contributed by atoms with van der Waals surface area (Å²) in [5, 5.41) is 10.6. The first-order valence-electron chi connectivity index (χ1n) is 6.21. The zero-order chi connectivity index (χ0) is 15.0. The van der Waals surface area contributed by atoms with Crippen molar-refractivity contribution in [3.63, 3.8) is 0 Å². The molecule has 0 aliphatic rings. The van der Waals surface area contributed by atoms with Gasteiger partial charge in [-0.1, -0.05) is 0 Å². The van der Waals surface area contributed by atoms with Crippen molar-refractivity contribution in [3.8, 4) is 22.6 Å². The molecule has 0 aliphatic heterocycles. The summed E-state index contributed by atoms with van der Waals surface area (Å²) < 4.78 is 32.2. The fraction of sp³-hybridized carbons (Fsp3) is 0.0625. The van der Waals surface area contributed by atoms with E-state index >= 15 is 0 Å². The number of rotatable bonds is 2. The summed E-state index contributed by atoms with van der Waals surface area (Å²) in [6.45, 7) is 0. The molecule has 0 atom stereocenters. The van der Waals surface area contributed by atoms with E-state index in [1.165, 1.54) is 13.2 Å². The fourth-order valence-electron chi connectivity index (χ4n) is 2.25. The van der Waals surface area contributed by atoms with Crippen molar-refractivity contribution in [1.82, 2.24) is 4.98 Å². The number of phenolic OH excluding ortho intramolecular Hbond substituents is 1. The number of hydrogen-bond acceptors (Lipinski definition) is 3. The average molecular weight is 287 g/mol. The first-order chi connectivity index (χ1) is 10.1. The van der Waals surface area contributed by atoms with Crippen molar-refractivity contribution in [1.29, 1.82) is 0 Å². The largest absolute Gasteiger partial charge is 0.507 e. The van der Waals surface area contributed by atoms with E-state index in [1.54, 1.807) is 24.4 Å². The van der Waals surface area contributed by atoms with Gasteiger partial charge in [-0.3, -0.25) is 4.98 Å². The molecule has 0 unspecified atom stereocenters. The lowest BCUT2D eigenvalue weighted by atomic mass is 10.0. The number of fused-ring (bicyclic) bond motifs is 1. The van der Waals surface area contributed by atoms with Crippen molar-refractivity contribution < 1.29 is 18.6 Å². The second kappa shape index (κ2) is 5.01. The van der Waals surface area contributed by atoms with Crippen LogP contribution in [-0.4, -0.2) is 17.2 Å². The van der Waals surface area contributed by atoms with Crippen LogP contribution in [0.4, 0.5) is 8.78 Å². The Morgan fingerprint density at radius 3 is 2.38 bits per heavy atom. The summed E-state index contributed by atoms with van der Waals surface area (Å²) in [6, 6.07) is 8.85. The van der Waals surface area contributed by atoms with E-state index in [0.717, 1.165) is 12.1 Å². The zero-order valence-electron chi connectivity index (χ0n) is 11.1. The molecule has 0 radical (unpaired) electrons. The summed E-state index contributed by atoms with van der Waals surface area (Å²) in [4.78, 5) is 4.13. The van der Waals surface area contributed by atoms with Gasteiger partial charge in [0.15, 0.2) is 17.4 Å². The Labute approximate surface area is 119 Å². The third-order valence-corrected chi connectivity index (χ3v) is 3.23. The van der Waals surface area contributed by atoms with Gasteiger partial charge in [0.1, 0.15) is 5.75 Å². The molecule has 0 saturated heterocycles. The van der Waals surface area contributed by atoms with Gasteiger partial charge in [0, 0.05) is 11.6 Å². The van der Waals surface area contributed by atoms with Crippen molar-refractivity contribution >= 4 is 10.9 Å². The van der Waals surface area contributed by atoms with Crippen LogP contribution in [0.2, 0.25) is 0 Å². The molecule has 0 bridgehead atoms. The zero-order valence-corrected chi connectivity index (χ0v) is 11.1. The van der Waals surface area contributed by atoms with E-state index in [1.807, 2.05) is 0 Å². The number of benzene rings is 2. The van der Waals surface area contributed by atoms with Gasteiger partial charge in [0.25, 0.3) is 0 Å². The molecule has 0 spiro atoms. The molecule has 0 aliphatic carbocycles. The van der Waals surface area contributed by atoms with Crippen LogP contribution in [0.3, 0.4) is 0 Å². The van der Waals surface area contributed by atoms with Crippen molar-refractivity contribution in [2.75, 3.05) is 7.11 Å². The molecule has 21 heavy (non-hydrogen) atoms. The number of methoxy groups -OCH3 is 1. The molecular formula is C16H11F2NO2. The minimum atomic E-state index is -0.798. The van der Waals surface area contributed by atoms with Gasteiger partial charge in [-0.15, -0.1) is 0 Å². The van der Waals surface area contributed by atoms with Gasteiger partial charge in [0.05, 0.1) is 12.6 Å². The van der Waals surface area contributed by atoms with Crippen LogP contribution in [0, 0.1) is 11.6 Å². The van der Waals surface area contributed by atoms with Crippen LogP contribution in [0.1, 0.15) is 0 Å². The quantitative estimate of drug-likeness (QED) is 0.777. The standard InChI is InChI=1S/C16H11F2NO2/c1-21-16-12(17)5-9(6-13(16)18)10-7-14-11(15(20)8-10)3-2-4-19-14/h2-8,20H,1H3. The number of aromatic nitrogens is 1. The number of pyridine rings is 1. The number of phenols is 1. The Bertz CT molecular complexity index is 811. The predicted octanol–water partition coefficient (Wildman–Crippen LogP) is 3.89. The van der Waals surface area contributed by atoms with Gasteiger partial charge in [-0.2, -0.15) is 0 Å². The minimum absolute atomic E-state index is 0.00670. The van der Waals surface area contributed by atoms with E-state index in [0.29, 0.717) is 22.0 Å². The molecule has 0 saturated carbocycles. The first-order valence-corrected chi connectivity index (χ1v) is 6.21. The Morgan fingerprint density at radius 2 is 1.71 bits per heavy atom. The SMILES string of the molecule is COc1c(F)cc(-c2cc(O)c3cccnc3c2)cc1F. The van der Waals surface area contributed by atoms with E-state index in [-0.39, 0.29) is 5.75 Å². The van der Waals surface area contributed by atoms with Crippen LogP contribution >= 0.6 is 0 Å². The van der Waals surface area contributed by atoms with Crippen molar-refractivity contribution in [2.24, 2.45) is 0 Å². The normalized spacial score (nSPS) is 10.8. The molecule has 1 aromatic heterocycles. The van der Waals surface area contributed by atoms with Crippen LogP contribution in [-0.2, 0) is 0 Å².